The van der Waals surface area contributed by atoms with Gasteiger partial charge in [-0.3, -0.25) is 4.79 Å². The van der Waals surface area contributed by atoms with E-state index in [1.165, 1.54) is 17.5 Å². The maximum Gasteiger partial charge on any atom is 0.414 e. The zero-order valence-corrected chi connectivity index (χ0v) is 19.5. The molecule has 34 heavy (non-hydrogen) atoms. The summed E-state index contributed by atoms with van der Waals surface area (Å²) in [7, 11) is 1.71. The summed E-state index contributed by atoms with van der Waals surface area (Å²) in [5.74, 6) is -1.85. The Labute approximate surface area is 199 Å². The van der Waals surface area contributed by atoms with Crippen molar-refractivity contribution in [3.8, 4) is 5.75 Å². The summed E-state index contributed by atoms with van der Waals surface area (Å²) >= 11 is 0. The van der Waals surface area contributed by atoms with Crippen LogP contribution >= 0.6 is 0 Å². The van der Waals surface area contributed by atoms with Crippen molar-refractivity contribution in [1.29, 1.82) is 0 Å². The number of carboxylic acid groups (broad SMARTS) is 2. The van der Waals surface area contributed by atoms with E-state index in [0.29, 0.717) is 12.3 Å². The van der Waals surface area contributed by atoms with E-state index in [9.17, 15) is 4.79 Å². The minimum atomic E-state index is -1.82. The van der Waals surface area contributed by atoms with Crippen LogP contribution in [0.5, 0.6) is 5.75 Å². The predicted molar refractivity (Wildman–Crippen MR) is 128 cm³/mol. The minimum absolute atomic E-state index is 0.277. The fourth-order valence-electron chi connectivity index (χ4n) is 4.51. The van der Waals surface area contributed by atoms with Crippen molar-refractivity contribution in [2.24, 2.45) is 0 Å². The number of benzene rings is 2. The highest BCUT2D eigenvalue weighted by molar-refractivity contribution is 6.27. The second-order valence-electron chi connectivity index (χ2n) is 8.55. The third-order valence-corrected chi connectivity index (χ3v) is 6.35. The second kappa shape index (κ2) is 12.2. The first-order valence-electron chi connectivity index (χ1n) is 11.6. The Kier molecular flexibility index (Phi) is 9.04. The lowest BCUT2D eigenvalue weighted by molar-refractivity contribution is -0.159. The van der Waals surface area contributed by atoms with E-state index in [1.54, 1.807) is 7.11 Å². The summed E-state index contributed by atoms with van der Waals surface area (Å²) in [5.41, 5.74) is 3.83. The molecule has 0 bridgehead atoms. The first kappa shape index (κ1) is 25.2. The lowest BCUT2D eigenvalue weighted by Crippen LogP contribution is -2.36. The number of piperidine rings is 1. The molecule has 0 spiro atoms. The van der Waals surface area contributed by atoms with Crippen LogP contribution < -0.4 is 9.64 Å². The van der Waals surface area contributed by atoms with Crippen molar-refractivity contribution in [2.75, 3.05) is 38.2 Å². The van der Waals surface area contributed by atoms with Gasteiger partial charge in [-0.05, 0) is 67.5 Å². The number of para-hydroxylation sites is 1. The highest BCUT2D eigenvalue weighted by Gasteiger charge is 2.25. The molecular weight excluding hydrogens is 436 g/mol. The van der Waals surface area contributed by atoms with E-state index in [4.69, 9.17) is 24.5 Å². The zero-order valence-electron chi connectivity index (χ0n) is 19.5. The van der Waals surface area contributed by atoms with Gasteiger partial charge >= 0.3 is 11.9 Å². The van der Waals surface area contributed by atoms with Crippen molar-refractivity contribution >= 4 is 23.5 Å². The number of methoxy groups -OCH3 is 1. The smallest absolute Gasteiger partial charge is 0.414 e. The van der Waals surface area contributed by atoms with Crippen LogP contribution in [-0.2, 0) is 20.8 Å². The Morgan fingerprint density at radius 3 is 2.35 bits per heavy atom. The van der Waals surface area contributed by atoms with E-state index in [1.807, 2.05) is 4.90 Å². The number of carboxylic acids is 2. The molecule has 2 heterocycles. The van der Waals surface area contributed by atoms with Crippen molar-refractivity contribution < 1.29 is 29.3 Å². The quantitative estimate of drug-likeness (QED) is 0.626. The first-order chi connectivity index (χ1) is 16.4. The average molecular weight is 469 g/mol. The van der Waals surface area contributed by atoms with Crippen LogP contribution in [-0.4, -0.2) is 66.2 Å². The molecule has 2 fully saturated rings. The number of ether oxygens (including phenoxy) is 1. The van der Waals surface area contributed by atoms with Gasteiger partial charge in [-0.1, -0.05) is 30.3 Å². The number of hydrogen-bond donors (Lipinski definition) is 2. The van der Waals surface area contributed by atoms with Crippen LogP contribution in [0.4, 0.5) is 5.69 Å². The highest BCUT2D eigenvalue weighted by Crippen LogP contribution is 2.30. The Hall–Kier alpha value is -3.39. The third kappa shape index (κ3) is 6.81. The van der Waals surface area contributed by atoms with E-state index in [0.717, 1.165) is 56.9 Å². The molecule has 0 radical (unpaired) electrons. The maximum atomic E-state index is 12.4. The Balaban J connectivity index is 0.000000481. The van der Waals surface area contributed by atoms with Crippen molar-refractivity contribution in [1.82, 2.24) is 4.90 Å². The Morgan fingerprint density at radius 1 is 1.00 bits per heavy atom. The summed E-state index contributed by atoms with van der Waals surface area (Å²) in [6.45, 7) is 4.16. The summed E-state index contributed by atoms with van der Waals surface area (Å²) < 4.78 is 5.27. The van der Waals surface area contributed by atoms with E-state index >= 15 is 0 Å². The highest BCUT2D eigenvalue weighted by atomic mass is 16.5. The van der Waals surface area contributed by atoms with Gasteiger partial charge in [-0.2, -0.15) is 0 Å². The van der Waals surface area contributed by atoms with Crippen LogP contribution in [0, 0.1) is 0 Å². The molecule has 8 heteroatoms. The lowest BCUT2D eigenvalue weighted by Gasteiger charge is -2.29. The number of likely N-dealkylation sites (tertiary alicyclic amines) is 1. The number of anilines is 1. The number of aliphatic carboxylic acids is 2. The van der Waals surface area contributed by atoms with E-state index in [2.05, 4.69) is 53.4 Å². The summed E-state index contributed by atoms with van der Waals surface area (Å²) in [6.07, 6.45) is 5.02. The van der Waals surface area contributed by atoms with Gasteiger partial charge < -0.3 is 24.7 Å². The number of rotatable bonds is 6. The molecule has 8 nitrogen and oxygen atoms in total. The molecule has 2 N–H and O–H groups in total. The summed E-state index contributed by atoms with van der Waals surface area (Å²) in [6, 6.07) is 17.0. The molecule has 2 saturated heterocycles. The largest absolute Gasteiger partial charge is 0.497 e. The van der Waals surface area contributed by atoms with Gasteiger partial charge in [0, 0.05) is 31.7 Å². The molecule has 1 atom stereocenters. The van der Waals surface area contributed by atoms with Crippen LogP contribution in [0.25, 0.3) is 0 Å². The molecule has 0 saturated carbocycles. The summed E-state index contributed by atoms with van der Waals surface area (Å²) in [4.78, 5) is 35.1. The number of hydrogen-bond acceptors (Lipinski definition) is 5. The van der Waals surface area contributed by atoms with Gasteiger partial charge in [0.15, 0.2) is 0 Å². The third-order valence-electron chi connectivity index (χ3n) is 6.35. The van der Waals surface area contributed by atoms with Gasteiger partial charge in [-0.15, -0.1) is 0 Å². The minimum Gasteiger partial charge on any atom is -0.497 e. The molecular formula is C26H32N2O6. The fourth-order valence-corrected chi connectivity index (χ4v) is 4.51. The van der Waals surface area contributed by atoms with Crippen molar-refractivity contribution in [3.05, 3.63) is 59.7 Å². The van der Waals surface area contributed by atoms with Gasteiger partial charge in [-0.25, -0.2) is 9.59 Å². The number of carbonyl (C=O) groups excluding carboxylic acids is 1. The van der Waals surface area contributed by atoms with Gasteiger partial charge in [0.2, 0.25) is 5.91 Å². The topological polar surface area (TPSA) is 107 Å². The lowest BCUT2D eigenvalue weighted by atomic mass is 9.98. The number of amides is 1. The monoisotopic (exact) mass is 468 g/mol. The van der Waals surface area contributed by atoms with E-state index in [-0.39, 0.29) is 5.91 Å². The van der Waals surface area contributed by atoms with Gasteiger partial charge in [0.05, 0.1) is 7.11 Å². The average Bonchev–Trinajstić information content (AvgIpc) is 3.33. The molecule has 2 aliphatic rings. The number of nitrogens with zero attached hydrogens (tertiary/aromatic N) is 2. The van der Waals surface area contributed by atoms with Crippen LogP contribution in [0.2, 0.25) is 0 Å². The molecule has 4 rings (SSSR count). The second-order valence-corrected chi connectivity index (χ2v) is 8.55. The molecule has 2 aromatic rings. The zero-order chi connectivity index (χ0) is 24.5. The normalized spacial score (nSPS) is 18.2. The Morgan fingerprint density at radius 2 is 1.71 bits per heavy atom. The van der Waals surface area contributed by atoms with Gasteiger partial charge in [0.25, 0.3) is 0 Å². The fraction of sp³-hybridized carbons (Fsp3) is 0.423. The first-order valence-corrected chi connectivity index (χ1v) is 11.6. The Bertz CT molecular complexity index is 979. The molecule has 0 aliphatic carbocycles. The standard InChI is InChI=1S/C24H30N2O2.C2H2O4/c1-28-22-11-9-19(10-12-22)21-14-17-25(18-21)16-13-20-6-2-3-7-23(20)26-15-5-4-8-24(26)27;3-1(4)2(5)6/h2-3,6-7,9-12,21H,4-5,8,13-18H2,1H3;(H,3,4)(H,5,6). The summed E-state index contributed by atoms with van der Waals surface area (Å²) in [5, 5.41) is 14.8. The van der Waals surface area contributed by atoms with Crippen molar-refractivity contribution in [2.45, 2.75) is 38.0 Å². The molecule has 1 amide bonds. The molecule has 0 aromatic heterocycles. The van der Waals surface area contributed by atoms with Crippen molar-refractivity contribution in [3.63, 3.8) is 0 Å². The van der Waals surface area contributed by atoms with Crippen LogP contribution in [0.15, 0.2) is 48.5 Å². The van der Waals surface area contributed by atoms with Gasteiger partial charge in [0.1, 0.15) is 5.75 Å². The maximum absolute atomic E-state index is 12.4. The van der Waals surface area contributed by atoms with Crippen LogP contribution in [0.3, 0.4) is 0 Å². The van der Waals surface area contributed by atoms with Crippen LogP contribution in [0.1, 0.15) is 42.7 Å². The SMILES string of the molecule is COc1ccc(C2CCN(CCc3ccccc3N3CCCCC3=O)C2)cc1.O=C(O)C(=O)O. The molecule has 182 valence electrons. The number of carbonyl (C=O) groups is 3. The molecule has 2 aliphatic heterocycles. The molecule has 1 unspecified atom stereocenters. The molecule has 2 aromatic carbocycles. The predicted octanol–water partition coefficient (Wildman–Crippen LogP) is 3.40. The van der Waals surface area contributed by atoms with E-state index < -0.39 is 11.9 Å².